The van der Waals surface area contributed by atoms with E-state index in [0.29, 0.717) is 10.2 Å². The van der Waals surface area contributed by atoms with E-state index in [0.717, 1.165) is 0 Å². The summed E-state index contributed by atoms with van der Waals surface area (Å²) in [6.45, 7) is 3.95. The first-order valence-corrected chi connectivity index (χ1v) is 4.36. The second-order valence-corrected chi connectivity index (χ2v) is 3.50. The molecule has 0 unspecified atom stereocenters. The van der Waals surface area contributed by atoms with Gasteiger partial charge < -0.3 is 5.73 Å². The van der Waals surface area contributed by atoms with Gasteiger partial charge in [0.2, 0.25) is 0 Å². The Hall–Kier alpha value is -0.840. The Bertz CT molecular complexity index is 306. The van der Waals surface area contributed by atoms with Crippen molar-refractivity contribution in [1.82, 2.24) is 9.78 Å². The normalized spacial score (nSPS) is 10.7. The van der Waals surface area contributed by atoms with Gasteiger partial charge in [0.05, 0.1) is 11.8 Å². The number of halogens is 1. The van der Waals surface area contributed by atoms with Crippen molar-refractivity contribution in [2.24, 2.45) is 5.73 Å². The van der Waals surface area contributed by atoms with E-state index in [4.69, 9.17) is 5.73 Å². The van der Waals surface area contributed by atoms with Crippen molar-refractivity contribution in [3.05, 3.63) is 16.4 Å². The van der Waals surface area contributed by atoms with E-state index < -0.39 is 5.91 Å². The van der Waals surface area contributed by atoms with Crippen LogP contribution in [0.15, 0.2) is 10.8 Å². The van der Waals surface area contributed by atoms with Crippen molar-refractivity contribution in [3.8, 4) is 0 Å². The first-order chi connectivity index (χ1) is 5.54. The molecule has 5 heteroatoms. The predicted octanol–water partition coefficient (Wildman–Crippen LogP) is 1.33. The van der Waals surface area contributed by atoms with Crippen LogP contribution in [0, 0.1) is 0 Å². The first kappa shape index (κ1) is 9.25. The van der Waals surface area contributed by atoms with Gasteiger partial charge >= 0.3 is 0 Å². The number of carbonyl (C=O) groups excluding carboxylic acids is 1. The van der Waals surface area contributed by atoms with Crippen molar-refractivity contribution in [3.63, 3.8) is 0 Å². The minimum Gasteiger partial charge on any atom is -0.365 e. The van der Waals surface area contributed by atoms with E-state index in [2.05, 4.69) is 21.0 Å². The highest BCUT2D eigenvalue weighted by molar-refractivity contribution is 9.10. The summed E-state index contributed by atoms with van der Waals surface area (Å²) in [7, 11) is 0. The van der Waals surface area contributed by atoms with E-state index in [1.165, 1.54) is 6.20 Å². The van der Waals surface area contributed by atoms with Crippen molar-refractivity contribution in [2.75, 3.05) is 0 Å². The Morgan fingerprint density at radius 2 is 2.33 bits per heavy atom. The van der Waals surface area contributed by atoms with Crippen LogP contribution < -0.4 is 5.73 Å². The van der Waals surface area contributed by atoms with Crippen molar-refractivity contribution in [1.29, 1.82) is 0 Å². The van der Waals surface area contributed by atoms with Crippen LogP contribution in [0.4, 0.5) is 0 Å². The topological polar surface area (TPSA) is 60.9 Å². The summed E-state index contributed by atoms with van der Waals surface area (Å²) < 4.78 is 2.34. The molecule has 4 nitrogen and oxygen atoms in total. The highest BCUT2D eigenvalue weighted by atomic mass is 79.9. The van der Waals surface area contributed by atoms with Gasteiger partial charge in [0.15, 0.2) is 0 Å². The molecule has 1 rings (SSSR count). The third-order valence-corrected chi connectivity index (χ3v) is 2.28. The molecule has 2 N–H and O–H groups in total. The molecule has 0 spiro atoms. The zero-order valence-electron chi connectivity index (χ0n) is 6.91. The lowest BCUT2D eigenvalue weighted by molar-refractivity contribution is 0.0999. The Labute approximate surface area is 78.9 Å². The van der Waals surface area contributed by atoms with Crippen LogP contribution in [0.5, 0.6) is 0 Å². The number of hydrogen-bond donors (Lipinski definition) is 1. The maximum absolute atomic E-state index is 10.8. The summed E-state index contributed by atoms with van der Waals surface area (Å²) in [6.07, 6.45) is 1.46. The zero-order chi connectivity index (χ0) is 9.30. The summed E-state index contributed by atoms with van der Waals surface area (Å²) in [5.74, 6) is -0.464. The van der Waals surface area contributed by atoms with Crippen LogP contribution in [0.3, 0.4) is 0 Å². The Balaban J connectivity index is 3.13. The summed E-state index contributed by atoms with van der Waals surface area (Å²) in [5.41, 5.74) is 5.53. The lowest BCUT2D eigenvalue weighted by Crippen LogP contribution is -2.11. The summed E-state index contributed by atoms with van der Waals surface area (Å²) >= 11 is 3.25. The molecule has 0 aromatic carbocycles. The maximum Gasteiger partial charge on any atom is 0.253 e. The Kier molecular flexibility index (Phi) is 2.52. The number of carbonyl (C=O) groups is 1. The second-order valence-electron chi connectivity index (χ2n) is 2.75. The van der Waals surface area contributed by atoms with Gasteiger partial charge in [0.25, 0.3) is 5.91 Å². The fourth-order valence-corrected chi connectivity index (χ4v) is 1.67. The maximum atomic E-state index is 10.8. The number of nitrogens with zero attached hydrogens (tertiary/aromatic N) is 2. The van der Waals surface area contributed by atoms with E-state index in [9.17, 15) is 4.79 Å². The fourth-order valence-electron chi connectivity index (χ4n) is 0.873. The Morgan fingerprint density at radius 3 is 2.58 bits per heavy atom. The lowest BCUT2D eigenvalue weighted by atomic mass is 10.3. The number of aromatic nitrogens is 2. The van der Waals surface area contributed by atoms with Crippen LogP contribution in [0.1, 0.15) is 30.2 Å². The van der Waals surface area contributed by atoms with E-state index in [-0.39, 0.29) is 6.04 Å². The van der Waals surface area contributed by atoms with E-state index in [1.807, 2.05) is 13.8 Å². The highest BCUT2D eigenvalue weighted by Crippen LogP contribution is 2.19. The molecule has 0 aliphatic rings. The molecule has 1 aromatic rings. The fraction of sp³-hybridized carbons (Fsp3) is 0.429. The third kappa shape index (κ3) is 1.50. The molecule has 0 saturated heterocycles. The van der Waals surface area contributed by atoms with Crippen molar-refractivity contribution in [2.45, 2.75) is 19.9 Å². The molecule has 0 atom stereocenters. The number of rotatable bonds is 2. The van der Waals surface area contributed by atoms with Crippen LogP contribution in [0.2, 0.25) is 0 Å². The van der Waals surface area contributed by atoms with Gasteiger partial charge in [-0.15, -0.1) is 0 Å². The SMILES string of the molecule is CC(C)n1ncc(C(N)=O)c1Br. The average molecular weight is 232 g/mol. The molecule has 0 aliphatic heterocycles. The number of amides is 1. The molecule has 0 saturated carbocycles. The lowest BCUT2D eigenvalue weighted by Gasteiger charge is -2.06. The molecule has 12 heavy (non-hydrogen) atoms. The molecule has 0 bridgehead atoms. The molecule has 1 amide bonds. The summed E-state index contributed by atoms with van der Waals surface area (Å²) in [6, 6.07) is 0.215. The van der Waals surface area contributed by atoms with Gasteiger partial charge in [0.1, 0.15) is 4.60 Å². The van der Waals surface area contributed by atoms with Crippen molar-refractivity contribution < 1.29 is 4.79 Å². The minimum absolute atomic E-state index is 0.215. The van der Waals surface area contributed by atoms with Crippen LogP contribution in [0.25, 0.3) is 0 Å². The standard InChI is InChI=1S/C7H10BrN3O/c1-4(2)11-6(8)5(3-10-11)7(9)12/h3-4H,1-2H3,(H2,9,12). The monoisotopic (exact) mass is 231 g/mol. The molecule has 0 aliphatic carbocycles. The second kappa shape index (κ2) is 3.26. The Morgan fingerprint density at radius 1 is 1.75 bits per heavy atom. The van der Waals surface area contributed by atoms with Gasteiger partial charge in [-0.2, -0.15) is 5.10 Å². The number of hydrogen-bond acceptors (Lipinski definition) is 2. The van der Waals surface area contributed by atoms with Crippen molar-refractivity contribution >= 4 is 21.8 Å². The largest absolute Gasteiger partial charge is 0.365 e. The van der Waals surface area contributed by atoms with E-state index >= 15 is 0 Å². The average Bonchev–Trinajstić information content (AvgIpc) is 2.30. The van der Waals surface area contributed by atoms with Crippen LogP contribution in [-0.4, -0.2) is 15.7 Å². The van der Waals surface area contributed by atoms with Gasteiger partial charge in [0, 0.05) is 6.04 Å². The number of nitrogens with two attached hydrogens (primary N) is 1. The highest BCUT2D eigenvalue weighted by Gasteiger charge is 2.13. The van der Waals surface area contributed by atoms with E-state index in [1.54, 1.807) is 4.68 Å². The molecule has 1 aromatic heterocycles. The molecule has 1 heterocycles. The third-order valence-electron chi connectivity index (χ3n) is 1.49. The van der Waals surface area contributed by atoms with Gasteiger partial charge in [-0.05, 0) is 29.8 Å². The number of primary amides is 1. The summed E-state index contributed by atoms with van der Waals surface area (Å²) in [5, 5.41) is 4.01. The zero-order valence-corrected chi connectivity index (χ0v) is 8.50. The predicted molar refractivity (Wildman–Crippen MR) is 48.8 cm³/mol. The molecule has 0 radical (unpaired) electrons. The molecule has 0 fully saturated rings. The van der Waals surface area contributed by atoms with Gasteiger partial charge in [-0.25, -0.2) is 0 Å². The summed E-state index contributed by atoms with van der Waals surface area (Å²) in [4.78, 5) is 10.8. The van der Waals surface area contributed by atoms with Crippen LogP contribution in [-0.2, 0) is 0 Å². The molecular formula is C7H10BrN3O. The van der Waals surface area contributed by atoms with Gasteiger partial charge in [-0.3, -0.25) is 9.48 Å². The minimum atomic E-state index is -0.464. The first-order valence-electron chi connectivity index (χ1n) is 3.57. The van der Waals surface area contributed by atoms with Crippen LogP contribution >= 0.6 is 15.9 Å². The smallest absolute Gasteiger partial charge is 0.253 e. The quantitative estimate of drug-likeness (QED) is 0.835. The van der Waals surface area contributed by atoms with Gasteiger partial charge in [-0.1, -0.05) is 0 Å². The molecule has 66 valence electrons. The molecular weight excluding hydrogens is 222 g/mol.